The van der Waals surface area contributed by atoms with Gasteiger partial charge in [0.05, 0.1) is 4.90 Å². The number of aryl methyl sites for hydroxylation is 4. The van der Waals surface area contributed by atoms with Gasteiger partial charge in [0.1, 0.15) is 11.4 Å². The number of rotatable bonds is 5. The lowest BCUT2D eigenvalue weighted by molar-refractivity contribution is -0.116. The van der Waals surface area contributed by atoms with Crippen LogP contribution < -0.4 is 10.9 Å². The number of aromatic nitrogens is 1. The summed E-state index contributed by atoms with van der Waals surface area (Å²) in [4.78, 5) is 25.5. The number of carbonyl (C=O) groups excluding carboxylic acids is 1. The quantitative estimate of drug-likeness (QED) is 0.620. The van der Waals surface area contributed by atoms with E-state index in [2.05, 4.69) is 5.32 Å². The molecule has 0 bridgehead atoms. The number of pyridine rings is 1. The van der Waals surface area contributed by atoms with Gasteiger partial charge in [-0.2, -0.15) is 0 Å². The van der Waals surface area contributed by atoms with Crippen LogP contribution in [0.3, 0.4) is 0 Å². The molecule has 0 radical (unpaired) electrons. The van der Waals surface area contributed by atoms with Gasteiger partial charge in [0.2, 0.25) is 15.7 Å². The standard InChI is InChI=1S/C23H23ClN2O4S/c1-14-8-9-20(11-15(14)2)31(29,30)22-16(3)10-17(4)26(23(22)28)13-21(27)25-19-7-5-6-18(24)12-19/h5-12H,13H2,1-4H3,(H,25,27). The van der Waals surface area contributed by atoms with Crippen LogP contribution in [0.1, 0.15) is 22.4 Å². The number of benzene rings is 2. The maximum absolute atomic E-state index is 13.3. The molecule has 0 aliphatic rings. The van der Waals surface area contributed by atoms with Gasteiger partial charge >= 0.3 is 0 Å². The molecule has 0 unspecified atom stereocenters. The summed E-state index contributed by atoms with van der Waals surface area (Å²) in [5.41, 5.74) is 2.35. The van der Waals surface area contributed by atoms with E-state index in [4.69, 9.17) is 11.6 Å². The maximum Gasteiger partial charge on any atom is 0.270 e. The van der Waals surface area contributed by atoms with E-state index < -0.39 is 21.3 Å². The van der Waals surface area contributed by atoms with Crippen LogP contribution >= 0.6 is 11.6 Å². The van der Waals surface area contributed by atoms with E-state index in [-0.39, 0.29) is 16.3 Å². The number of nitrogens with one attached hydrogen (secondary N) is 1. The first-order chi connectivity index (χ1) is 14.5. The zero-order valence-corrected chi connectivity index (χ0v) is 19.3. The molecule has 0 spiro atoms. The molecule has 3 rings (SSSR count). The van der Waals surface area contributed by atoms with Crippen molar-refractivity contribution >= 4 is 33.0 Å². The third-order valence-electron chi connectivity index (χ3n) is 5.12. The minimum atomic E-state index is -4.06. The molecule has 31 heavy (non-hydrogen) atoms. The Morgan fingerprint density at radius 1 is 0.968 bits per heavy atom. The van der Waals surface area contributed by atoms with E-state index in [0.29, 0.717) is 22.0 Å². The summed E-state index contributed by atoms with van der Waals surface area (Å²) >= 11 is 5.93. The van der Waals surface area contributed by atoms with Gasteiger partial charge in [-0.05, 0) is 80.8 Å². The van der Waals surface area contributed by atoms with Crippen molar-refractivity contribution in [1.29, 1.82) is 0 Å². The van der Waals surface area contributed by atoms with Gasteiger partial charge in [-0.1, -0.05) is 23.7 Å². The molecular weight excluding hydrogens is 436 g/mol. The molecule has 162 valence electrons. The first kappa shape index (κ1) is 22.8. The molecule has 8 heteroatoms. The molecule has 1 aromatic heterocycles. The van der Waals surface area contributed by atoms with Crippen molar-refractivity contribution < 1.29 is 13.2 Å². The number of nitrogens with zero attached hydrogens (tertiary/aromatic N) is 1. The van der Waals surface area contributed by atoms with E-state index in [0.717, 1.165) is 11.1 Å². The van der Waals surface area contributed by atoms with E-state index in [1.54, 1.807) is 56.3 Å². The number of hydrogen-bond donors (Lipinski definition) is 1. The van der Waals surface area contributed by atoms with Gasteiger partial charge in [0, 0.05) is 16.4 Å². The second-order valence-corrected chi connectivity index (χ2v) is 9.82. The zero-order chi connectivity index (χ0) is 22.9. The van der Waals surface area contributed by atoms with Crippen LogP contribution in [-0.2, 0) is 21.2 Å². The monoisotopic (exact) mass is 458 g/mol. The van der Waals surface area contributed by atoms with Gasteiger partial charge < -0.3 is 9.88 Å². The van der Waals surface area contributed by atoms with E-state index in [1.165, 1.54) is 10.6 Å². The number of amides is 1. The zero-order valence-electron chi connectivity index (χ0n) is 17.7. The molecule has 1 heterocycles. The summed E-state index contributed by atoms with van der Waals surface area (Å²) in [6.07, 6.45) is 0. The number of anilines is 1. The summed E-state index contributed by atoms with van der Waals surface area (Å²) in [5, 5.41) is 3.13. The van der Waals surface area contributed by atoms with Crippen LogP contribution in [0.5, 0.6) is 0 Å². The Balaban J connectivity index is 2.02. The summed E-state index contributed by atoms with van der Waals surface area (Å²) < 4.78 is 27.7. The molecule has 1 N–H and O–H groups in total. The van der Waals surface area contributed by atoms with Crippen molar-refractivity contribution in [2.75, 3.05) is 5.32 Å². The van der Waals surface area contributed by atoms with Gasteiger partial charge in [-0.3, -0.25) is 9.59 Å². The van der Waals surface area contributed by atoms with E-state index >= 15 is 0 Å². The van der Waals surface area contributed by atoms with Gasteiger partial charge in [0.15, 0.2) is 0 Å². The Bertz CT molecular complexity index is 1340. The second-order valence-electron chi connectivity index (χ2n) is 7.50. The number of halogens is 1. The molecule has 2 aromatic carbocycles. The van der Waals surface area contributed by atoms with Gasteiger partial charge in [0.25, 0.3) is 5.56 Å². The highest BCUT2D eigenvalue weighted by Gasteiger charge is 2.26. The predicted octanol–water partition coefficient (Wildman–Crippen LogP) is 4.21. The van der Waals surface area contributed by atoms with E-state index in [1.807, 2.05) is 13.8 Å². The highest BCUT2D eigenvalue weighted by molar-refractivity contribution is 7.91. The average Bonchev–Trinajstić information content (AvgIpc) is 2.66. The minimum Gasteiger partial charge on any atom is -0.324 e. The van der Waals surface area contributed by atoms with Gasteiger partial charge in [-0.15, -0.1) is 0 Å². The summed E-state index contributed by atoms with van der Waals surface area (Å²) in [6, 6.07) is 13.0. The lowest BCUT2D eigenvalue weighted by atomic mass is 10.1. The SMILES string of the molecule is Cc1ccc(S(=O)(=O)c2c(C)cc(C)n(CC(=O)Nc3cccc(Cl)c3)c2=O)cc1C. The van der Waals surface area contributed by atoms with Crippen LogP contribution in [0.2, 0.25) is 5.02 Å². The molecule has 6 nitrogen and oxygen atoms in total. The minimum absolute atomic E-state index is 0.0505. The highest BCUT2D eigenvalue weighted by atomic mass is 35.5. The topological polar surface area (TPSA) is 85.2 Å². The Morgan fingerprint density at radius 3 is 2.32 bits per heavy atom. The van der Waals surface area contributed by atoms with Crippen molar-refractivity contribution in [3.8, 4) is 0 Å². The fourth-order valence-electron chi connectivity index (χ4n) is 3.34. The Hall–Kier alpha value is -2.90. The first-order valence-corrected chi connectivity index (χ1v) is 11.5. The molecule has 0 saturated carbocycles. The van der Waals surface area contributed by atoms with Gasteiger partial charge in [-0.25, -0.2) is 8.42 Å². The lowest BCUT2D eigenvalue weighted by Gasteiger charge is -2.15. The number of carbonyl (C=O) groups is 1. The first-order valence-electron chi connectivity index (χ1n) is 9.59. The molecule has 1 amide bonds. The predicted molar refractivity (Wildman–Crippen MR) is 122 cm³/mol. The van der Waals surface area contributed by atoms with Crippen molar-refractivity contribution in [1.82, 2.24) is 4.57 Å². The third-order valence-corrected chi connectivity index (χ3v) is 7.26. The molecule has 0 saturated heterocycles. The van der Waals surface area contributed by atoms with Crippen molar-refractivity contribution in [2.45, 2.75) is 44.0 Å². The smallest absolute Gasteiger partial charge is 0.270 e. The normalized spacial score (nSPS) is 11.4. The Labute approximate surface area is 186 Å². The summed E-state index contributed by atoms with van der Waals surface area (Å²) in [7, 11) is -4.06. The molecule has 0 aliphatic heterocycles. The fourth-order valence-corrected chi connectivity index (χ4v) is 5.17. The summed E-state index contributed by atoms with van der Waals surface area (Å²) in [5.74, 6) is -0.467. The second kappa shape index (κ2) is 8.69. The highest BCUT2D eigenvalue weighted by Crippen LogP contribution is 2.24. The lowest BCUT2D eigenvalue weighted by Crippen LogP contribution is -2.33. The molecule has 3 aromatic rings. The van der Waals surface area contributed by atoms with Crippen LogP contribution in [0.15, 0.2) is 63.1 Å². The molecule has 0 aliphatic carbocycles. The Kier molecular flexibility index (Phi) is 6.38. The molecule has 0 fully saturated rings. The van der Waals surface area contributed by atoms with Crippen molar-refractivity contribution in [3.05, 3.63) is 86.3 Å². The van der Waals surface area contributed by atoms with Crippen LogP contribution in [0, 0.1) is 27.7 Å². The fraction of sp³-hybridized carbons (Fsp3) is 0.217. The largest absolute Gasteiger partial charge is 0.324 e. The Morgan fingerprint density at radius 2 is 1.68 bits per heavy atom. The van der Waals surface area contributed by atoms with Crippen molar-refractivity contribution in [3.63, 3.8) is 0 Å². The van der Waals surface area contributed by atoms with Crippen LogP contribution in [0.4, 0.5) is 5.69 Å². The molecular formula is C23H23ClN2O4S. The third kappa shape index (κ3) is 4.73. The summed E-state index contributed by atoms with van der Waals surface area (Å²) in [6.45, 7) is 6.61. The van der Waals surface area contributed by atoms with Crippen LogP contribution in [0.25, 0.3) is 0 Å². The van der Waals surface area contributed by atoms with Crippen LogP contribution in [-0.4, -0.2) is 18.9 Å². The number of sulfone groups is 1. The van der Waals surface area contributed by atoms with E-state index in [9.17, 15) is 18.0 Å². The average molecular weight is 459 g/mol. The van der Waals surface area contributed by atoms with Crippen molar-refractivity contribution in [2.24, 2.45) is 0 Å². The maximum atomic E-state index is 13.3. The molecule has 0 atom stereocenters. The number of hydrogen-bond acceptors (Lipinski definition) is 4.